The van der Waals surface area contributed by atoms with Crippen molar-refractivity contribution in [3.8, 4) is 5.75 Å². The van der Waals surface area contributed by atoms with Gasteiger partial charge in [-0.1, -0.05) is 13.0 Å². The summed E-state index contributed by atoms with van der Waals surface area (Å²) in [6, 6.07) is 4.39. The molecule has 0 radical (unpaired) electrons. The van der Waals surface area contributed by atoms with E-state index in [2.05, 4.69) is 0 Å². The highest BCUT2D eigenvalue weighted by Crippen LogP contribution is 2.36. The SMILES string of the molecule is CC(CC(=O)C1CCC(CN2CC=CC2=O)CC1)c1cc(OCCCC(=O)ON2C(=O)CCC2=O)ccc1[N+](=O)[O-]. The summed E-state index contributed by atoms with van der Waals surface area (Å²) in [5, 5.41) is 12.2. The van der Waals surface area contributed by atoms with Gasteiger partial charge in [0.15, 0.2) is 0 Å². The number of hydroxylamine groups is 2. The molecule has 0 aromatic heterocycles. The molecule has 1 aromatic carbocycles. The number of rotatable bonds is 13. The highest BCUT2D eigenvalue weighted by Gasteiger charge is 2.33. The first-order valence-corrected chi connectivity index (χ1v) is 14.1. The molecule has 3 amide bonds. The van der Waals surface area contributed by atoms with Crippen LogP contribution in [-0.2, 0) is 28.8 Å². The maximum atomic E-state index is 13.1. The van der Waals surface area contributed by atoms with Crippen molar-refractivity contribution in [2.45, 2.75) is 70.6 Å². The van der Waals surface area contributed by atoms with E-state index in [4.69, 9.17) is 9.57 Å². The molecule has 12 nitrogen and oxygen atoms in total. The van der Waals surface area contributed by atoms with Crippen molar-refractivity contribution >= 4 is 35.2 Å². The number of nitro benzene ring substituents is 1. The van der Waals surface area contributed by atoms with E-state index in [9.17, 15) is 34.1 Å². The third-order valence-electron chi connectivity index (χ3n) is 7.91. The first-order chi connectivity index (χ1) is 19.6. The van der Waals surface area contributed by atoms with Crippen molar-refractivity contribution in [2.75, 3.05) is 19.7 Å². The molecular weight excluding hydrogens is 534 g/mol. The van der Waals surface area contributed by atoms with Gasteiger partial charge >= 0.3 is 5.97 Å². The Labute approximate surface area is 237 Å². The van der Waals surface area contributed by atoms with E-state index < -0.39 is 28.6 Å². The molecule has 1 saturated carbocycles. The molecule has 220 valence electrons. The number of amides is 3. The van der Waals surface area contributed by atoms with Gasteiger partial charge in [0, 0.05) is 56.0 Å². The molecule has 3 aliphatic rings. The zero-order valence-electron chi connectivity index (χ0n) is 23.1. The fourth-order valence-electron chi connectivity index (χ4n) is 5.59. The largest absolute Gasteiger partial charge is 0.494 e. The molecule has 1 atom stereocenters. The third kappa shape index (κ3) is 7.77. The zero-order chi connectivity index (χ0) is 29.5. The summed E-state index contributed by atoms with van der Waals surface area (Å²) >= 11 is 0. The lowest BCUT2D eigenvalue weighted by atomic mass is 9.77. The van der Waals surface area contributed by atoms with Gasteiger partial charge in [-0.15, -0.1) is 5.06 Å². The van der Waals surface area contributed by atoms with E-state index in [1.165, 1.54) is 12.1 Å². The summed E-state index contributed by atoms with van der Waals surface area (Å²) in [6.07, 6.45) is 7.05. The second-order valence-corrected chi connectivity index (χ2v) is 10.9. The molecule has 1 aromatic rings. The number of ketones is 1. The number of ether oxygens (including phenoxy) is 1. The van der Waals surface area contributed by atoms with Crippen LogP contribution in [0.5, 0.6) is 5.75 Å². The average molecular weight is 570 g/mol. The van der Waals surface area contributed by atoms with Gasteiger partial charge in [-0.25, -0.2) is 4.79 Å². The van der Waals surface area contributed by atoms with Crippen LogP contribution >= 0.6 is 0 Å². The second kappa shape index (κ2) is 13.5. The molecule has 0 spiro atoms. The Balaban J connectivity index is 1.25. The third-order valence-corrected chi connectivity index (χ3v) is 7.91. The lowest BCUT2D eigenvalue weighted by Gasteiger charge is -2.31. The summed E-state index contributed by atoms with van der Waals surface area (Å²) < 4.78 is 5.69. The van der Waals surface area contributed by atoms with Gasteiger partial charge in [0.25, 0.3) is 17.5 Å². The minimum absolute atomic E-state index is 0.0168. The van der Waals surface area contributed by atoms with Crippen LogP contribution in [0.2, 0.25) is 0 Å². The predicted octanol–water partition coefficient (Wildman–Crippen LogP) is 3.63. The smallest absolute Gasteiger partial charge is 0.333 e. The first kappa shape index (κ1) is 29.9. The van der Waals surface area contributed by atoms with E-state index in [-0.39, 0.29) is 62.0 Å². The van der Waals surface area contributed by atoms with E-state index in [0.717, 1.165) is 25.7 Å². The molecule has 0 bridgehead atoms. The van der Waals surface area contributed by atoms with Crippen LogP contribution in [0, 0.1) is 22.0 Å². The van der Waals surface area contributed by atoms with Gasteiger partial charge in [-0.2, -0.15) is 0 Å². The van der Waals surface area contributed by atoms with Crippen LogP contribution in [0.15, 0.2) is 30.4 Å². The molecule has 2 aliphatic heterocycles. The highest BCUT2D eigenvalue weighted by atomic mass is 16.7. The quantitative estimate of drug-likeness (QED) is 0.150. The fraction of sp³-hybridized carbons (Fsp3) is 0.552. The Hall–Kier alpha value is -4.09. The molecule has 1 saturated heterocycles. The van der Waals surface area contributed by atoms with Crippen molar-refractivity contribution in [2.24, 2.45) is 11.8 Å². The van der Waals surface area contributed by atoms with Crippen LogP contribution in [0.3, 0.4) is 0 Å². The van der Waals surface area contributed by atoms with E-state index in [1.54, 1.807) is 19.1 Å². The maximum absolute atomic E-state index is 13.1. The minimum Gasteiger partial charge on any atom is -0.494 e. The number of nitrogens with zero attached hydrogens (tertiary/aromatic N) is 3. The van der Waals surface area contributed by atoms with Crippen molar-refractivity contribution in [1.82, 2.24) is 9.96 Å². The number of carbonyl (C=O) groups is 5. The van der Waals surface area contributed by atoms with Crippen molar-refractivity contribution < 1.29 is 38.5 Å². The molecule has 1 aliphatic carbocycles. The Kier molecular flexibility index (Phi) is 9.85. The molecule has 12 heteroatoms. The van der Waals surface area contributed by atoms with E-state index in [1.807, 2.05) is 11.0 Å². The van der Waals surface area contributed by atoms with Gasteiger partial charge in [-0.05, 0) is 56.1 Å². The fourth-order valence-corrected chi connectivity index (χ4v) is 5.59. The number of Topliss-reactive ketones (excluding diaryl/α,β-unsaturated/α-hetero) is 1. The van der Waals surface area contributed by atoms with Gasteiger partial charge in [-0.3, -0.25) is 29.3 Å². The summed E-state index contributed by atoms with van der Waals surface area (Å²) in [5.41, 5.74) is 0.314. The Morgan fingerprint density at radius 2 is 1.80 bits per heavy atom. The maximum Gasteiger partial charge on any atom is 0.333 e. The van der Waals surface area contributed by atoms with E-state index >= 15 is 0 Å². The number of imide groups is 1. The van der Waals surface area contributed by atoms with E-state index in [0.29, 0.717) is 35.4 Å². The van der Waals surface area contributed by atoms with Crippen LogP contribution in [0.1, 0.15) is 76.2 Å². The first-order valence-electron chi connectivity index (χ1n) is 14.1. The molecule has 2 heterocycles. The molecule has 0 N–H and O–H groups in total. The summed E-state index contributed by atoms with van der Waals surface area (Å²) in [4.78, 5) is 77.9. The van der Waals surface area contributed by atoms with Crippen molar-refractivity contribution in [3.63, 3.8) is 0 Å². The Morgan fingerprint density at radius 1 is 1.10 bits per heavy atom. The average Bonchev–Trinajstić information content (AvgIpc) is 3.50. The Morgan fingerprint density at radius 3 is 2.44 bits per heavy atom. The van der Waals surface area contributed by atoms with Gasteiger partial charge in [0.1, 0.15) is 11.5 Å². The Bertz CT molecular complexity index is 1220. The zero-order valence-corrected chi connectivity index (χ0v) is 23.1. The lowest BCUT2D eigenvalue weighted by Crippen LogP contribution is -2.34. The number of nitro groups is 1. The topological polar surface area (TPSA) is 153 Å². The summed E-state index contributed by atoms with van der Waals surface area (Å²) in [7, 11) is 0. The van der Waals surface area contributed by atoms with Crippen LogP contribution in [-0.4, -0.2) is 64.1 Å². The van der Waals surface area contributed by atoms with Crippen LogP contribution in [0.25, 0.3) is 0 Å². The molecular formula is C29H35N3O9. The normalized spacial score (nSPS) is 21.3. The predicted molar refractivity (Wildman–Crippen MR) is 144 cm³/mol. The number of hydrogen-bond donors (Lipinski definition) is 0. The number of carbonyl (C=O) groups excluding carboxylic acids is 5. The molecule has 4 rings (SSSR count). The lowest BCUT2D eigenvalue weighted by molar-refractivity contribution is -0.385. The summed E-state index contributed by atoms with van der Waals surface area (Å²) in [6.45, 7) is 3.25. The molecule has 2 fully saturated rings. The van der Waals surface area contributed by atoms with Gasteiger partial charge in [0.05, 0.1) is 18.0 Å². The molecule has 41 heavy (non-hydrogen) atoms. The van der Waals surface area contributed by atoms with Crippen molar-refractivity contribution in [3.05, 3.63) is 46.0 Å². The highest BCUT2D eigenvalue weighted by molar-refractivity contribution is 6.01. The van der Waals surface area contributed by atoms with Gasteiger partial charge < -0.3 is 14.5 Å². The molecule has 1 unspecified atom stereocenters. The number of benzene rings is 1. The second-order valence-electron chi connectivity index (χ2n) is 10.9. The monoisotopic (exact) mass is 569 g/mol. The summed E-state index contributed by atoms with van der Waals surface area (Å²) in [5.74, 6) is -1.45. The van der Waals surface area contributed by atoms with Crippen LogP contribution in [0.4, 0.5) is 5.69 Å². The van der Waals surface area contributed by atoms with Crippen molar-refractivity contribution in [1.29, 1.82) is 0 Å². The number of hydrogen-bond acceptors (Lipinski definition) is 9. The van der Waals surface area contributed by atoms with Gasteiger partial charge in [0.2, 0.25) is 5.91 Å². The minimum atomic E-state index is -0.732. The standard InChI is InChI=1S/C29H35N3O9/c1-19(16-25(33)21-8-6-20(7-9-21)18-30-14-2-4-26(30)34)23-17-22(10-11-24(23)32(38)39)40-15-3-5-29(37)41-31-27(35)12-13-28(31)36/h2,4,10-11,17,19-21H,3,5-9,12-16,18H2,1H3. The van der Waals surface area contributed by atoms with Crippen LogP contribution < -0.4 is 4.74 Å².